The van der Waals surface area contributed by atoms with E-state index in [4.69, 9.17) is 9.47 Å². The topological polar surface area (TPSA) is 50.8 Å². The maximum Gasteiger partial charge on any atom is 0.192 e. The van der Waals surface area contributed by atoms with Crippen LogP contribution in [0.5, 0.6) is 5.75 Å². The molecular formula is C22H22F2N2O3. The average Bonchev–Trinajstić information content (AvgIpc) is 2.72. The minimum Gasteiger partial charge on any atom is -0.441 e. The molecule has 2 aliphatic rings. The fourth-order valence-electron chi connectivity index (χ4n) is 3.69. The lowest BCUT2D eigenvalue weighted by Crippen LogP contribution is -2.38. The predicted octanol–water partition coefficient (Wildman–Crippen LogP) is 4.06. The Bertz CT molecular complexity index is 935. The van der Waals surface area contributed by atoms with Gasteiger partial charge < -0.3 is 19.7 Å². The summed E-state index contributed by atoms with van der Waals surface area (Å²) in [7, 11) is 0. The number of carbonyl (C=O) groups is 1. The number of allylic oxidation sites excluding steroid dienone is 1. The van der Waals surface area contributed by atoms with E-state index >= 15 is 0 Å². The van der Waals surface area contributed by atoms with Gasteiger partial charge in [-0.25, -0.2) is 8.78 Å². The fraction of sp³-hybridized carbons (Fsp3) is 0.318. The number of morpholine rings is 1. The molecule has 1 atom stereocenters. The second-order valence-corrected chi connectivity index (χ2v) is 7.19. The van der Waals surface area contributed by atoms with Crippen LogP contribution in [0.2, 0.25) is 0 Å². The Balaban J connectivity index is 1.64. The standard InChI is InChI=1S/C22H22F2N2O3/c1-14(25-19-11-17(23)10-18(24)12-19)20-9-15(13-27)8-16-2-3-21(29-22(16)20)26-4-6-28-7-5-26/h3,8-14,25H,2,4-7H2,1H3. The molecule has 2 aliphatic heterocycles. The zero-order valence-corrected chi connectivity index (χ0v) is 16.1. The highest BCUT2D eigenvalue weighted by molar-refractivity contribution is 5.77. The molecule has 0 amide bonds. The lowest BCUT2D eigenvalue weighted by Gasteiger charge is -2.33. The van der Waals surface area contributed by atoms with E-state index in [1.54, 1.807) is 6.07 Å². The van der Waals surface area contributed by atoms with Crippen LogP contribution in [0.15, 0.2) is 42.3 Å². The van der Waals surface area contributed by atoms with Crippen LogP contribution >= 0.6 is 0 Å². The Kier molecular flexibility index (Phi) is 5.49. The number of nitrogens with one attached hydrogen (secondary N) is 1. The minimum atomic E-state index is -0.655. The summed E-state index contributed by atoms with van der Waals surface area (Å²) >= 11 is 0. The average molecular weight is 400 g/mol. The number of fused-ring (bicyclic) bond motifs is 1. The van der Waals surface area contributed by atoms with Crippen molar-refractivity contribution in [3.05, 3.63) is 70.6 Å². The summed E-state index contributed by atoms with van der Waals surface area (Å²) in [5, 5.41) is 3.11. The molecule has 4 rings (SSSR count). The van der Waals surface area contributed by atoms with E-state index < -0.39 is 11.6 Å². The molecule has 2 heterocycles. The molecule has 2 aromatic carbocycles. The summed E-state index contributed by atoms with van der Waals surface area (Å²) in [5.74, 6) is 0.135. The number of carbonyl (C=O) groups excluding carboxylic acids is 1. The molecular weight excluding hydrogens is 378 g/mol. The van der Waals surface area contributed by atoms with E-state index in [1.165, 1.54) is 12.1 Å². The number of nitrogens with zero attached hydrogens (tertiary/aromatic N) is 1. The van der Waals surface area contributed by atoms with Crippen molar-refractivity contribution < 1.29 is 23.0 Å². The van der Waals surface area contributed by atoms with Crippen LogP contribution in [0.4, 0.5) is 14.5 Å². The molecule has 5 nitrogen and oxygen atoms in total. The molecule has 2 aromatic rings. The van der Waals surface area contributed by atoms with E-state index in [0.717, 1.165) is 42.5 Å². The van der Waals surface area contributed by atoms with Gasteiger partial charge in [0, 0.05) is 36.0 Å². The Morgan fingerprint density at radius 1 is 1.10 bits per heavy atom. The summed E-state index contributed by atoms with van der Waals surface area (Å²) < 4.78 is 38.8. The van der Waals surface area contributed by atoms with Crippen molar-refractivity contribution in [3.63, 3.8) is 0 Å². The molecule has 1 N–H and O–H groups in total. The zero-order chi connectivity index (χ0) is 20.4. The van der Waals surface area contributed by atoms with Crippen LogP contribution in [0.25, 0.3) is 0 Å². The summed E-state index contributed by atoms with van der Waals surface area (Å²) in [6.45, 7) is 4.66. The first kappa shape index (κ1) is 19.4. The van der Waals surface area contributed by atoms with E-state index in [2.05, 4.69) is 10.2 Å². The number of hydrogen-bond donors (Lipinski definition) is 1. The number of hydrogen-bond acceptors (Lipinski definition) is 5. The summed E-state index contributed by atoms with van der Waals surface area (Å²) in [4.78, 5) is 13.6. The van der Waals surface area contributed by atoms with Crippen molar-refractivity contribution in [1.82, 2.24) is 4.90 Å². The van der Waals surface area contributed by atoms with E-state index in [1.807, 2.05) is 19.1 Å². The first-order valence-electron chi connectivity index (χ1n) is 9.59. The molecule has 7 heteroatoms. The normalized spacial score (nSPS) is 17.1. The van der Waals surface area contributed by atoms with Crippen LogP contribution in [0, 0.1) is 11.6 Å². The fourth-order valence-corrected chi connectivity index (χ4v) is 3.69. The maximum atomic E-state index is 13.6. The third-order valence-electron chi connectivity index (χ3n) is 5.09. The van der Waals surface area contributed by atoms with Crippen LogP contribution in [-0.2, 0) is 11.2 Å². The molecule has 0 spiro atoms. The summed E-state index contributed by atoms with van der Waals surface area (Å²) in [6.07, 6.45) is 3.43. The lowest BCUT2D eigenvalue weighted by molar-refractivity contribution is 0.0337. The quantitative estimate of drug-likeness (QED) is 0.768. The number of ether oxygens (including phenoxy) is 2. The predicted molar refractivity (Wildman–Crippen MR) is 105 cm³/mol. The molecule has 0 bridgehead atoms. The highest BCUT2D eigenvalue weighted by Crippen LogP contribution is 2.37. The minimum absolute atomic E-state index is 0.319. The Morgan fingerprint density at radius 3 is 2.52 bits per heavy atom. The van der Waals surface area contributed by atoms with Gasteiger partial charge in [-0.1, -0.05) is 0 Å². The van der Waals surface area contributed by atoms with Gasteiger partial charge in [0.1, 0.15) is 23.7 Å². The zero-order valence-electron chi connectivity index (χ0n) is 16.1. The van der Waals surface area contributed by atoms with Gasteiger partial charge in [0.25, 0.3) is 0 Å². The van der Waals surface area contributed by atoms with E-state index in [9.17, 15) is 13.6 Å². The van der Waals surface area contributed by atoms with Crippen LogP contribution in [0.1, 0.15) is 34.5 Å². The van der Waals surface area contributed by atoms with Crippen LogP contribution in [-0.4, -0.2) is 37.5 Å². The molecule has 0 saturated carbocycles. The Labute approximate surface area is 167 Å². The van der Waals surface area contributed by atoms with Crippen molar-refractivity contribution >= 4 is 12.0 Å². The second kappa shape index (κ2) is 8.21. The summed E-state index contributed by atoms with van der Waals surface area (Å²) in [5.41, 5.74) is 2.51. The van der Waals surface area contributed by atoms with Crippen molar-refractivity contribution in [2.75, 3.05) is 31.6 Å². The maximum absolute atomic E-state index is 13.6. The van der Waals surface area contributed by atoms with Gasteiger partial charge in [0.2, 0.25) is 0 Å². The third kappa shape index (κ3) is 4.24. The number of rotatable bonds is 5. The van der Waals surface area contributed by atoms with E-state index in [-0.39, 0.29) is 6.04 Å². The molecule has 1 fully saturated rings. The molecule has 0 radical (unpaired) electrons. The van der Waals surface area contributed by atoms with Crippen LogP contribution < -0.4 is 10.1 Å². The van der Waals surface area contributed by atoms with Crippen LogP contribution in [0.3, 0.4) is 0 Å². The molecule has 1 unspecified atom stereocenters. The SMILES string of the molecule is CC(Nc1cc(F)cc(F)c1)c1cc(C=O)cc2c1OC(N1CCOCC1)=CC2. The summed E-state index contributed by atoms with van der Waals surface area (Å²) in [6, 6.07) is 6.51. The smallest absolute Gasteiger partial charge is 0.192 e. The number of aldehydes is 1. The van der Waals surface area contributed by atoms with Gasteiger partial charge in [0.15, 0.2) is 5.88 Å². The molecule has 0 aromatic heterocycles. The van der Waals surface area contributed by atoms with Gasteiger partial charge >= 0.3 is 0 Å². The first-order valence-corrected chi connectivity index (χ1v) is 9.59. The third-order valence-corrected chi connectivity index (χ3v) is 5.09. The first-order chi connectivity index (χ1) is 14.0. The largest absolute Gasteiger partial charge is 0.441 e. The van der Waals surface area contributed by atoms with Gasteiger partial charge in [0.05, 0.1) is 19.3 Å². The van der Waals surface area contributed by atoms with Crippen molar-refractivity contribution in [2.24, 2.45) is 0 Å². The molecule has 29 heavy (non-hydrogen) atoms. The monoisotopic (exact) mass is 400 g/mol. The highest BCUT2D eigenvalue weighted by Gasteiger charge is 2.25. The van der Waals surface area contributed by atoms with Crippen molar-refractivity contribution in [1.29, 1.82) is 0 Å². The van der Waals surface area contributed by atoms with Gasteiger partial charge in [-0.05, 0) is 49.2 Å². The highest BCUT2D eigenvalue weighted by atomic mass is 19.1. The number of benzene rings is 2. The Morgan fingerprint density at radius 2 is 1.83 bits per heavy atom. The molecule has 0 aliphatic carbocycles. The van der Waals surface area contributed by atoms with Gasteiger partial charge in [-0.2, -0.15) is 0 Å². The van der Waals surface area contributed by atoms with E-state index in [0.29, 0.717) is 36.6 Å². The molecule has 1 saturated heterocycles. The van der Waals surface area contributed by atoms with Crippen molar-refractivity contribution in [2.45, 2.75) is 19.4 Å². The van der Waals surface area contributed by atoms with Crippen molar-refractivity contribution in [3.8, 4) is 5.75 Å². The number of halogens is 2. The van der Waals surface area contributed by atoms with Gasteiger partial charge in [-0.3, -0.25) is 4.79 Å². The second-order valence-electron chi connectivity index (χ2n) is 7.19. The Hall–Kier alpha value is -2.93. The lowest BCUT2D eigenvalue weighted by atomic mass is 9.96. The molecule has 152 valence electrons. The van der Waals surface area contributed by atoms with Gasteiger partial charge in [-0.15, -0.1) is 0 Å². The number of anilines is 1.